The molecular weight excluding hydrogens is 170 g/mol. The van der Waals surface area contributed by atoms with Crippen molar-refractivity contribution in [1.29, 1.82) is 0 Å². The second-order valence-electron chi connectivity index (χ2n) is 2.71. The summed E-state index contributed by atoms with van der Waals surface area (Å²) < 4.78 is 4.61. The summed E-state index contributed by atoms with van der Waals surface area (Å²) in [6, 6.07) is 0. The van der Waals surface area contributed by atoms with Crippen LogP contribution < -0.4 is 5.32 Å². The summed E-state index contributed by atoms with van der Waals surface area (Å²) in [5.41, 5.74) is 0.295. The standard InChI is InChI=1S/C9H15NO3/c1-4-5-10-8(11)6-13-9(12)7(2)3/h2,4-6H2,1,3H3,(H,10,11). The Hall–Kier alpha value is -1.32. The van der Waals surface area contributed by atoms with Crippen LogP contribution in [0.2, 0.25) is 0 Å². The van der Waals surface area contributed by atoms with Crippen LogP contribution in [0.1, 0.15) is 20.3 Å². The molecule has 1 N–H and O–H groups in total. The van der Waals surface area contributed by atoms with Crippen LogP contribution in [-0.4, -0.2) is 25.0 Å². The molecule has 0 rings (SSSR count). The smallest absolute Gasteiger partial charge is 0.333 e. The molecule has 4 heteroatoms. The maximum atomic E-state index is 10.9. The molecule has 4 nitrogen and oxygen atoms in total. The van der Waals surface area contributed by atoms with E-state index in [2.05, 4.69) is 16.6 Å². The molecule has 1 amide bonds. The van der Waals surface area contributed by atoms with Crippen molar-refractivity contribution in [1.82, 2.24) is 5.32 Å². The van der Waals surface area contributed by atoms with Gasteiger partial charge in [0, 0.05) is 12.1 Å². The highest BCUT2D eigenvalue weighted by Crippen LogP contribution is 1.90. The highest BCUT2D eigenvalue weighted by atomic mass is 16.5. The van der Waals surface area contributed by atoms with E-state index in [1.54, 1.807) is 0 Å². The van der Waals surface area contributed by atoms with Crippen LogP contribution in [0, 0.1) is 0 Å². The Labute approximate surface area is 78.0 Å². The quantitative estimate of drug-likeness (QED) is 0.505. The summed E-state index contributed by atoms with van der Waals surface area (Å²) in [6.07, 6.45) is 0.861. The Kier molecular flexibility index (Phi) is 5.59. The summed E-state index contributed by atoms with van der Waals surface area (Å²) in [7, 11) is 0. The number of hydrogen-bond donors (Lipinski definition) is 1. The molecule has 0 aliphatic rings. The zero-order valence-corrected chi connectivity index (χ0v) is 8.05. The van der Waals surface area contributed by atoms with Gasteiger partial charge in [-0.3, -0.25) is 4.79 Å². The molecule has 0 heterocycles. The molecule has 0 atom stereocenters. The van der Waals surface area contributed by atoms with Gasteiger partial charge in [0.1, 0.15) is 0 Å². The van der Waals surface area contributed by atoms with Gasteiger partial charge in [0.25, 0.3) is 5.91 Å². The third kappa shape index (κ3) is 5.90. The molecule has 74 valence electrons. The van der Waals surface area contributed by atoms with E-state index >= 15 is 0 Å². The van der Waals surface area contributed by atoms with E-state index in [1.807, 2.05) is 6.92 Å². The van der Waals surface area contributed by atoms with Crippen LogP contribution in [0.4, 0.5) is 0 Å². The fourth-order valence-electron chi connectivity index (χ4n) is 0.570. The van der Waals surface area contributed by atoms with E-state index in [-0.39, 0.29) is 12.5 Å². The highest BCUT2D eigenvalue weighted by Gasteiger charge is 2.06. The average molecular weight is 185 g/mol. The first-order chi connectivity index (χ1) is 6.07. The number of hydrogen-bond acceptors (Lipinski definition) is 3. The summed E-state index contributed by atoms with van der Waals surface area (Å²) in [5, 5.41) is 2.58. The van der Waals surface area contributed by atoms with Crippen LogP contribution >= 0.6 is 0 Å². The van der Waals surface area contributed by atoms with E-state index in [0.29, 0.717) is 12.1 Å². The van der Waals surface area contributed by atoms with Crippen molar-refractivity contribution in [3.8, 4) is 0 Å². The molecular formula is C9H15NO3. The maximum absolute atomic E-state index is 10.9. The van der Waals surface area contributed by atoms with Gasteiger partial charge in [-0.25, -0.2) is 4.79 Å². The molecule has 13 heavy (non-hydrogen) atoms. The monoisotopic (exact) mass is 185 g/mol. The molecule has 0 fully saturated rings. The number of nitrogens with one attached hydrogen (secondary N) is 1. The summed E-state index contributed by atoms with van der Waals surface area (Å²) in [6.45, 7) is 7.24. The van der Waals surface area contributed by atoms with E-state index in [0.717, 1.165) is 6.42 Å². The molecule has 0 bridgehead atoms. The van der Waals surface area contributed by atoms with Crippen molar-refractivity contribution < 1.29 is 14.3 Å². The summed E-state index contributed by atoms with van der Waals surface area (Å²) >= 11 is 0. The predicted molar refractivity (Wildman–Crippen MR) is 49.1 cm³/mol. The Bertz CT molecular complexity index is 211. The minimum Gasteiger partial charge on any atom is -0.452 e. The molecule has 0 saturated heterocycles. The average Bonchev–Trinajstić information content (AvgIpc) is 2.10. The van der Waals surface area contributed by atoms with Gasteiger partial charge in [0.05, 0.1) is 0 Å². The van der Waals surface area contributed by atoms with Crippen molar-refractivity contribution in [2.24, 2.45) is 0 Å². The molecule has 0 radical (unpaired) electrons. The predicted octanol–water partition coefficient (Wildman–Crippen LogP) is 0.632. The number of rotatable bonds is 5. The van der Waals surface area contributed by atoms with Gasteiger partial charge in [0.15, 0.2) is 6.61 Å². The zero-order chi connectivity index (χ0) is 10.3. The number of carbonyl (C=O) groups excluding carboxylic acids is 2. The lowest BCUT2D eigenvalue weighted by Gasteiger charge is -2.04. The first-order valence-corrected chi connectivity index (χ1v) is 4.17. The van der Waals surface area contributed by atoms with Crippen molar-refractivity contribution in [2.45, 2.75) is 20.3 Å². The lowest BCUT2D eigenvalue weighted by molar-refractivity contribution is -0.144. The molecule has 0 aliphatic carbocycles. The Balaban J connectivity index is 3.58. The fourth-order valence-corrected chi connectivity index (χ4v) is 0.570. The molecule has 0 spiro atoms. The van der Waals surface area contributed by atoms with E-state index in [1.165, 1.54) is 6.92 Å². The van der Waals surface area contributed by atoms with Gasteiger partial charge in [-0.1, -0.05) is 13.5 Å². The number of carbonyl (C=O) groups is 2. The van der Waals surface area contributed by atoms with Crippen LogP contribution in [-0.2, 0) is 14.3 Å². The second kappa shape index (κ2) is 6.22. The number of ether oxygens (including phenoxy) is 1. The van der Waals surface area contributed by atoms with Gasteiger partial charge >= 0.3 is 5.97 Å². The molecule has 0 aromatic carbocycles. The normalized spacial score (nSPS) is 9.08. The van der Waals surface area contributed by atoms with Gasteiger partial charge in [-0.05, 0) is 13.3 Å². The summed E-state index contributed by atoms with van der Waals surface area (Å²) in [4.78, 5) is 21.7. The van der Waals surface area contributed by atoms with Crippen molar-refractivity contribution in [2.75, 3.05) is 13.2 Å². The van der Waals surface area contributed by atoms with Crippen molar-refractivity contribution in [3.63, 3.8) is 0 Å². The van der Waals surface area contributed by atoms with Gasteiger partial charge in [0.2, 0.25) is 0 Å². The van der Waals surface area contributed by atoms with Crippen LogP contribution in [0.5, 0.6) is 0 Å². The largest absolute Gasteiger partial charge is 0.452 e. The Morgan fingerprint density at radius 2 is 2.08 bits per heavy atom. The Morgan fingerprint density at radius 3 is 2.54 bits per heavy atom. The first-order valence-electron chi connectivity index (χ1n) is 4.17. The topological polar surface area (TPSA) is 55.4 Å². The molecule has 0 saturated carbocycles. The SMILES string of the molecule is C=C(C)C(=O)OCC(=O)NCCC. The number of esters is 1. The zero-order valence-electron chi connectivity index (χ0n) is 8.05. The second-order valence-corrected chi connectivity index (χ2v) is 2.71. The third-order valence-electron chi connectivity index (χ3n) is 1.25. The molecule has 0 aromatic heterocycles. The number of amides is 1. The van der Waals surface area contributed by atoms with E-state index < -0.39 is 5.97 Å². The fraction of sp³-hybridized carbons (Fsp3) is 0.556. The van der Waals surface area contributed by atoms with E-state index in [9.17, 15) is 9.59 Å². The minimum atomic E-state index is -0.536. The highest BCUT2D eigenvalue weighted by molar-refractivity contribution is 5.89. The van der Waals surface area contributed by atoms with Crippen LogP contribution in [0.3, 0.4) is 0 Å². The Morgan fingerprint density at radius 1 is 1.46 bits per heavy atom. The van der Waals surface area contributed by atoms with Gasteiger partial charge < -0.3 is 10.1 Å². The molecule has 0 aliphatic heterocycles. The lowest BCUT2D eigenvalue weighted by atomic mass is 10.4. The van der Waals surface area contributed by atoms with Crippen molar-refractivity contribution in [3.05, 3.63) is 12.2 Å². The van der Waals surface area contributed by atoms with Crippen LogP contribution in [0.25, 0.3) is 0 Å². The maximum Gasteiger partial charge on any atom is 0.333 e. The first kappa shape index (κ1) is 11.7. The molecule has 0 unspecified atom stereocenters. The molecule has 0 aromatic rings. The summed E-state index contributed by atoms with van der Waals surface area (Å²) in [5.74, 6) is -0.817. The lowest BCUT2D eigenvalue weighted by Crippen LogP contribution is -2.29. The van der Waals surface area contributed by atoms with E-state index in [4.69, 9.17) is 0 Å². The third-order valence-corrected chi connectivity index (χ3v) is 1.25. The van der Waals surface area contributed by atoms with Gasteiger partial charge in [-0.2, -0.15) is 0 Å². The minimum absolute atomic E-state index is 0.230. The van der Waals surface area contributed by atoms with Crippen molar-refractivity contribution >= 4 is 11.9 Å². The van der Waals surface area contributed by atoms with Crippen LogP contribution in [0.15, 0.2) is 12.2 Å². The van der Waals surface area contributed by atoms with Gasteiger partial charge in [-0.15, -0.1) is 0 Å².